The van der Waals surface area contributed by atoms with Gasteiger partial charge in [-0.3, -0.25) is 4.90 Å². The minimum absolute atomic E-state index is 0.0238. The number of carboxylic acids is 1. The van der Waals surface area contributed by atoms with Crippen LogP contribution in [0.1, 0.15) is 36.9 Å². The number of piperidine rings is 1. The number of carboxylic acid groups (broad SMARTS) is 1. The van der Waals surface area contributed by atoms with Gasteiger partial charge in [0.1, 0.15) is 12.4 Å². The number of phenols is 1. The molecule has 0 amide bonds. The lowest BCUT2D eigenvalue weighted by Gasteiger charge is -2.36. The Morgan fingerprint density at radius 2 is 2.10 bits per heavy atom. The molecule has 2 N–H and O–H groups in total. The zero-order valence-electron chi connectivity index (χ0n) is 12.6. The Bertz CT molecular complexity index is 495. The predicted molar refractivity (Wildman–Crippen MR) is 79.4 cm³/mol. The normalized spacial score (nSPS) is 18.6. The summed E-state index contributed by atoms with van der Waals surface area (Å²) in [5.74, 6) is -0.590. The highest BCUT2D eigenvalue weighted by Crippen LogP contribution is 2.31. The van der Waals surface area contributed by atoms with Crippen LogP contribution in [0.3, 0.4) is 0 Å². The molecule has 1 fully saturated rings. The van der Waals surface area contributed by atoms with Crippen LogP contribution in [0.15, 0.2) is 18.2 Å². The van der Waals surface area contributed by atoms with E-state index in [-0.39, 0.29) is 18.8 Å². The van der Waals surface area contributed by atoms with Gasteiger partial charge < -0.3 is 14.9 Å². The Kier molecular flexibility index (Phi) is 5.20. The van der Waals surface area contributed by atoms with Crippen LogP contribution >= 0.6 is 0 Å². The van der Waals surface area contributed by atoms with Crippen LogP contribution in [-0.4, -0.2) is 46.9 Å². The van der Waals surface area contributed by atoms with Gasteiger partial charge in [0.25, 0.3) is 0 Å². The van der Waals surface area contributed by atoms with Crippen LogP contribution in [0.4, 0.5) is 0 Å². The Morgan fingerprint density at radius 1 is 1.43 bits per heavy atom. The van der Waals surface area contributed by atoms with Gasteiger partial charge >= 0.3 is 5.97 Å². The molecule has 0 radical (unpaired) electrons. The number of nitrogens with zero attached hydrogens (tertiary/aromatic N) is 1. The third-order valence-corrected chi connectivity index (χ3v) is 4.10. The minimum Gasteiger partial charge on any atom is -0.508 e. The van der Waals surface area contributed by atoms with Crippen LogP contribution in [0, 0.1) is 6.92 Å². The van der Waals surface area contributed by atoms with Crippen molar-refractivity contribution in [3.8, 4) is 5.75 Å². The maximum Gasteiger partial charge on any atom is 0.329 e. The van der Waals surface area contributed by atoms with Crippen molar-refractivity contribution < 1.29 is 19.7 Å². The van der Waals surface area contributed by atoms with Gasteiger partial charge in [-0.25, -0.2) is 4.79 Å². The van der Waals surface area contributed by atoms with Crippen molar-refractivity contribution in [3.05, 3.63) is 29.3 Å². The predicted octanol–water partition coefficient (Wildman–Crippen LogP) is 2.33. The van der Waals surface area contributed by atoms with Gasteiger partial charge in [-0.2, -0.15) is 0 Å². The van der Waals surface area contributed by atoms with E-state index in [1.165, 1.54) is 0 Å². The fraction of sp³-hybridized carbons (Fsp3) is 0.562. The molecule has 1 heterocycles. The lowest BCUT2D eigenvalue weighted by molar-refractivity contribution is -0.145. The lowest BCUT2D eigenvalue weighted by Crippen LogP contribution is -2.39. The highest BCUT2D eigenvalue weighted by Gasteiger charge is 2.25. The van der Waals surface area contributed by atoms with E-state index in [1.807, 2.05) is 19.1 Å². The summed E-state index contributed by atoms with van der Waals surface area (Å²) in [4.78, 5) is 12.8. The molecule has 0 aromatic heterocycles. The second kappa shape index (κ2) is 6.91. The number of aryl methyl sites for hydroxylation is 1. The van der Waals surface area contributed by atoms with E-state index in [2.05, 4.69) is 11.8 Å². The number of benzene rings is 1. The number of likely N-dealkylation sites (tertiary alicyclic amines) is 1. The van der Waals surface area contributed by atoms with Crippen molar-refractivity contribution in [2.75, 3.05) is 19.7 Å². The molecular weight excluding hydrogens is 270 g/mol. The average Bonchev–Trinajstić information content (AvgIpc) is 2.47. The third kappa shape index (κ3) is 4.19. The molecule has 0 bridgehead atoms. The molecule has 1 aromatic rings. The van der Waals surface area contributed by atoms with E-state index in [4.69, 9.17) is 9.84 Å². The molecule has 0 saturated carbocycles. The summed E-state index contributed by atoms with van der Waals surface area (Å²) in [7, 11) is 0. The zero-order chi connectivity index (χ0) is 15.4. The van der Waals surface area contributed by atoms with Crippen molar-refractivity contribution >= 4 is 5.97 Å². The smallest absolute Gasteiger partial charge is 0.329 e. The van der Waals surface area contributed by atoms with Crippen LogP contribution in [0.25, 0.3) is 0 Å². The molecule has 1 aromatic carbocycles. The van der Waals surface area contributed by atoms with Gasteiger partial charge in [0, 0.05) is 24.7 Å². The first kappa shape index (κ1) is 15.8. The lowest BCUT2D eigenvalue weighted by atomic mass is 9.99. The highest BCUT2D eigenvalue weighted by atomic mass is 16.5. The van der Waals surface area contributed by atoms with Gasteiger partial charge in [-0.05, 0) is 32.8 Å². The molecular formula is C16H23NO4. The molecule has 5 heteroatoms. The Morgan fingerprint density at radius 3 is 2.71 bits per heavy atom. The molecule has 116 valence electrons. The molecule has 0 aliphatic carbocycles. The number of aliphatic carboxylic acids is 1. The van der Waals surface area contributed by atoms with Crippen LogP contribution in [0.5, 0.6) is 5.75 Å². The monoisotopic (exact) mass is 293 g/mol. The standard InChI is InChI=1S/C16H23NO4/c1-11-3-4-15(18)14(9-11)12(2)17-7-5-13(6-8-17)21-10-16(19)20/h3-4,9,12-13,18H,5-8,10H2,1-2H3,(H,19,20). The van der Waals surface area contributed by atoms with Crippen LogP contribution < -0.4 is 0 Å². The van der Waals surface area contributed by atoms with Crippen LogP contribution in [-0.2, 0) is 9.53 Å². The molecule has 1 saturated heterocycles. The number of ether oxygens (including phenoxy) is 1. The summed E-state index contributed by atoms with van der Waals surface area (Å²) in [5, 5.41) is 18.6. The van der Waals surface area contributed by atoms with E-state index in [0.717, 1.165) is 37.1 Å². The number of hydrogen-bond acceptors (Lipinski definition) is 4. The topological polar surface area (TPSA) is 70.0 Å². The maximum absolute atomic E-state index is 10.5. The number of hydrogen-bond donors (Lipinski definition) is 2. The third-order valence-electron chi connectivity index (χ3n) is 4.10. The number of aromatic hydroxyl groups is 1. The summed E-state index contributed by atoms with van der Waals surface area (Å²) in [5.41, 5.74) is 2.08. The van der Waals surface area contributed by atoms with Gasteiger partial charge in [0.15, 0.2) is 0 Å². The summed E-state index contributed by atoms with van der Waals surface area (Å²) in [6.45, 7) is 5.57. The maximum atomic E-state index is 10.5. The van der Waals surface area contributed by atoms with E-state index in [0.29, 0.717) is 5.75 Å². The average molecular weight is 293 g/mol. The van der Waals surface area contributed by atoms with Gasteiger partial charge in [-0.1, -0.05) is 17.7 Å². The summed E-state index contributed by atoms with van der Waals surface area (Å²) in [6, 6.07) is 5.80. The number of rotatable bonds is 5. The Hall–Kier alpha value is -1.59. The van der Waals surface area contributed by atoms with Crippen molar-refractivity contribution in [3.63, 3.8) is 0 Å². The highest BCUT2D eigenvalue weighted by molar-refractivity contribution is 5.68. The Balaban J connectivity index is 1.92. The first-order chi connectivity index (χ1) is 9.97. The quantitative estimate of drug-likeness (QED) is 0.872. The summed E-state index contributed by atoms with van der Waals surface area (Å²) >= 11 is 0. The Labute approximate surface area is 125 Å². The van der Waals surface area contributed by atoms with Gasteiger partial charge in [0.2, 0.25) is 0 Å². The number of phenolic OH excluding ortho intramolecular Hbond substituents is 1. The van der Waals surface area contributed by atoms with E-state index >= 15 is 0 Å². The van der Waals surface area contributed by atoms with Crippen molar-refractivity contribution in [1.29, 1.82) is 0 Å². The van der Waals surface area contributed by atoms with Gasteiger partial charge in [0.05, 0.1) is 6.10 Å². The summed E-state index contributed by atoms with van der Waals surface area (Å²) < 4.78 is 5.35. The van der Waals surface area contributed by atoms with Crippen molar-refractivity contribution in [2.24, 2.45) is 0 Å². The summed E-state index contributed by atoms with van der Waals surface area (Å²) in [6.07, 6.45) is 1.67. The molecule has 1 aliphatic rings. The second-order valence-corrected chi connectivity index (χ2v) is 5.68. The van der Waals surface area contributed by atoms with Crippen molar-refractivity contribution in [2.45, 2.75) is 38.8 Å². The van der Waals surface area contributed by atoms with E-state index in [1.54, 1.807) is 6.07 Å². The second-order valence-electron chi connectivity index (χ2n) is 5.68. The first-order valence-corrected chi connectivity index (χ1v) is 7.34. The largest absolute Gasteiger partial charge is 0.508 e. The molecule has 5 nitrogen and oxygen atoms in total. The van der Waals surface area contributed by atoms with Gasteiger partial charge in [-0.15, -0.1) is 0 Å². The molecule has 1 aliphatic heterocycles. The van der Waals surface area contributed by atoms with Crippen molar-refractivity contribution in [1.82, 2.24) is 4.90 Å². The van der Waals surface area contributed by atoms with Crippen LogP contribution in [0.2, 0.25) is 0 Å². The fourth-order valence-electron chi connectivity index (χ4n) is 2.82. The molecule has 21 heavy (non-hydrogen) atoms. The minimum atomic E-state index is -0.921. The van der Waals surface area contributed by atoms with E-state index < -0.39 is 5.97 Å². The van der Waals surface area contributed by atoms with E-state index in [9.17, 15) is 9.90 Å². The fourth-order valence-corrected chi connectivity index (χ4v) is 2.82. The molecule has 0 spiro atoms. The molecule has 2 rings (SSSR count). The number of carbonyl (C=O) groups is 1. The SMILES string of the molecule is Cc1ccc(O)c(C(C)N2CCC(OCC(=O)O)CC2)c1. The molecule has 1 unspecified atom stereocenters. The zero-order valence-corrected chi connectivity index (χ0v) is 12.6. The molecule has 1 atom stereocenters. The first-order valence-electron chi connectivity index (χ1n) is 7.34.